The number of fused-ring (bicyclic) bond motifs is 1. The van der Waals surface area contributed by atoms with Crippen LogP contribution < -0.4 is 10.4 Å². The van der Waals surface area contributed by atoms with Crippen molar-refractivity contribution in [3.05, 3.63) is 76.3 Å². The Morgan fingerprint density at radius 1 is 0.969 bits per heavy atom. The predicted molar refractivity (Wildman–Crippen MR) is 117 cm³/mol. The minimum atomic E-state index is -3.71. The zero-order valence-electron chi connectivity index (χ0n) is 16.8. The fraction of sp³-hybridized carbons (Fsp3) is 0.190. The maximum absolute atomic E-state index is 13.1. The maximum atomic E-state index is 13.1. The summed E-state index contributed by atoms with van der Waals surface area (Å²) in [4.78, 5) is 24.4. The topological polar surface area (TPSA) is 133 Å². The molecule has 1 saturated heterocycles. The number of anilines is 1. The van der Waals surface area contributed by atoms with Crippen LogP contribution in [0, 0.1) is 10.1 Å². The number of hydroxylamine groups is 1. The minimum Gasteiger partial charge on any atom is -0.363 e. The highest BCUT2D eigenvalue weighted by atomic mass is 32.2. The van der Waals surface area contributed by atoms with Crippen molar-refractivity contribution >= 4 is 38.1 Å². The fourth-order valence-electron chi connectivity index (χ4n) is 3.79. The number of sulfonamides is 1. The average molecular weight is 456 g/mol. The second kappa shape index (κ2) is 8.54. The van der Waals surface area contributed by atoms with Crippen molar-refractivity contribution in [2.45, 2.75) is 4.90 Å². The van der Waals surface area contributed by atoms with Crippen molar-refractivity contribution in [1.82, 2.24) is 9.79 Å². The van der Waals surface area contributed by atoms with Gasteiger partial charge in [0.1, 0.15) is 5.69 Å². The van der Waals surface area contributed by atoms with Crippen LogP contribution >= 0.6 is 0 Å². The van der Waals surface area contributed by atoms with Gasteiger partial charge in [0.2, 0.25) is 10.0 Å². The van der Waals surface area contributed by atoms with E-state index in [1.54, 1.807) is 23.1 Å². The Labute approximate surface area is 183 Å². The molecule has 0 bridgehead atoms. The standard InChI is InChI=1S/C21H20N4O6S/c26-21(22-27)17-6-8-19(20(14-17)25(28)29)23-9-11-24(12-10-23)32(30,31)18-7-5-15-3-1-2-4-16(15)13-18/h1-8,13-14,27H,9-12H2,(H,22,26). The van der Waals surface area contributed by atoms with Crippen LogP contribution in [0.1, 0.15) is 10.4 Å². The number of benzene rings is 3. The molecule has 1 aliphatic heterocycles. The zero-order valence-corrected chi connectivity index (χ0v) is 17.7. The summed E-state index contributed by atoms with van der Waals surface area (Å²) < 4.78 is 27.6. The van der Waals surface area contributed by atoms with Crippen molar-refractivity contribution in [2.75, 3.05) is 31.1 Å². The van der Waals surface area contributed by atoms with E-state index in [2.05, 4.69) is 0 Å². The summed E-state index contributed by atoms with van der Waals surface area (Å²) >= 11 is 0. The Morgan fingerprint density at radius 3 is 2.31 bits per heavy atom. The lowest BCUT2D eigenvalue weighted by molar-refractivity contribution is -0.384. The Balaban J connectivity index is 1.54. The Hall–Kier alpha value is -3.54. The third kappa shape index (κ3) is 4.00. The van der Waals surface area contributed by atoms with Gasteiger partial charge in [0, 0.05) is 37.8 Å². The van der Waals surface area contributed by atoms with Gasteiger partial charge in [-0.05, 0) is 35.0 Å². The lowest BCUT2D eigenvalue weighted by Crippen LogP contribution is -2.48. The van der Waals surface area contributed by atoms with Gasteiger partial charge in [0.05, 0.1) is 9.82 Å². The first-order chi connectivity index (χ1) is 15.3. The largest absolute Gasteiger partial charge is 0.363 e. The molecule has 0 aliphatic carbocycles. The number of piperazine rings is 1. The minimum absolute atomic E-state index is 0.0551. The zero-order chi connectivity index (χ0) is 22.9. The molecule has 4 rings (SSSR count). The average Bonchev–Trinajstić information content (AvgIpc) is 2.82. The summed E-state index contributed by atoms with van der Waals surface area (Å²) in [6.07, 6.45) is 0. The van der Waals surface area contributed by atoms with Crippen LogP contribution in [-0.4, -0.2) is 54.9 Å². The summed E-state index contributed by atoms with van der Waals surface area (Å²) in [5, 5.41) is 22.0. The first kappa shape index (κ1) is 21.7. The number of nitro benzene ring substituents is 1. The first-order valence-electron chi connectivity index (χ1n) is 9.78. The van der Waals surface area contributed by atoms with E-state index in [1.165, 1.54) is 21.9 Å². The van der Waals surface area contributed by atoms with Gasteiger partial charge < -0.3 is 4.90 Å². The molecular formula is C21H20N4O6S. The molecule has 0 saturated carbocycles. The second-order valence-electron chi connectivity index (χ2n) is 7.30. The predicted octanol–water partition coefficient (Wildman–Crippen LogP) is 2.38. The molecule has 1 fully saturated rings. The third-order valence-corrected chi connectivity index (χ3v) is 7.37. The molecule has 0 atom stereocenters. The number of rotatable bonds is 5. The molecule has 1 heterocycles. The van der Waals surface area contributed by atoms with Gasteiger partial charge in [-0.3, -0.25) is 20.1 Å². The highest BCUT2D eigenvalue weighted by Crippen LogP contribution is 2.31. The smallest absolute Gasteiger partial charge is 0.293 e. The number of nitro groups is 1. The summed E-state index contributed by atoms with van der Waals surface area (Å²) in [5.41, 5.74) is 1.38. The van der Waals surface area contributed by atoms with E-state index in [9.17, 15) is 23.3 Å². The van der Waals surface area contributed by atoms with E-state index in [-0.39, 0.29) is 48.0 Å². The molecule has 10 nitrogen and oxygen atoms in total. The van der Waals surface area contributed by atoms with Crippen molar-refractivity contribution in [3.63, 3.8) is 0 Å². The SMILES string of the molecule is O=C(NO)c1ccc(N2CCN(S(=O)(=O)c3ccc4ccccc4c3)CC2)c([N+](=O)[O-])c1. The van der Waals surface area contributed by atoms with Crippen LogP contribution in [0.2, 0.25) is 0 Å². The molecule has 32 heavy (non-hydrogen) atoms. The van der Waals surface area contributed by atoms with Gasteiger partial charge in [-0.25, -0.2) is 13.9 Å². The molecule has 1 amide bonds. The van der Waals surface area contributed by atoms with Gasteiger partial charge in [0.25, 0.3) is 11.6 Å². The molecule has 2 N–H and O–H groups in total. The molecule has 0 radical (unpaired) electrons. The molecule has 0 unspecified atom stereocenters. The van der Waals surface area contributed by atoms with Crippen molar-refractivity contribution in [1.29, 1.82) is 0 Å². The molecule has 1 aliphatic rings. The van der Waals surface area contributed by atoms with E-state index in [0.717, 1.165) is 16.8 Å². The number of hydrogen-bond acceptors (Lipinski definition) is 7. The van der Waals surface area contributed by atoms with E-state index in [4.69, 9.17) is 5.21 Å². The maximum Gasteiger partial charge on any atom is 0.293 e. The molecule has 166 valence electrons. The van der Waals surface area contributed by atoms with Crippen molar-refractivity contribution in [2.24, 2.45) is 0 Å². The Morgan fingerprint density at radius 2 is 1.66 bits per heavy atom. The normalized spacial score (nSPS) is 15.0. The van der Waals surface area contributed by atoms with Gasteiger partial charge in [-0.2, -0.15) is 4.31 Å². The van der Waals surface area contributed by atoms with Crippen LogP contribution in [0.15, 0.2) is 65.6 Å². The summed E-state index contributed by atoms with van der Waals surface area (Å²) in [6, 6.07) is 16.4. The van der Waals surface area contributed by atoms with Crippen LogP contribution in [0.4, 0.5) is 11.4 Å². The highest BCUT2D eigenvalue weighted by Gasteiger charge is 2.31. The summed E-state index contributed by atoms with van der Waals surface area (Å²) in [7, 11) is -3.71. The highest BCUT2D eigenvalue weighted by molar-refractivity contribution is 7.89. The van der Waals surface area contributed by atoms with Crippen LogP contribution in [0.3, 0.4) is 0 Å². The Bertz CT molecular complexity index is 1300. The molecule has 0 aromatic heterocycles. The van der Waals surface area contributed by atoms with Crippen LogP contribution in [-0.2, 0) is 10.0 Å². The Kier molecular flexibility index (Phi) is 5.78. The van der Waals surface area contributed by atoms with Crippen molar-refractivity contribution < 1.29 is 23.3 Å². The quantitative estimate of drug-likeness (QED) is 0.342. The third-order valence-electron chi connectivity index (χ3n) is 5.47. The molecular weight excluding hydrogens is 436 g/mol. The van der Waals surface area contributed by atoms with Gasteiger partial charge in [-0.15, -0.1) is 0 Å². The summed E-state index contributed by atoms with van der Waals surface area (Å²) in [5.74, 6) is -0.856. The number of hydrogen-bond donors (Lipinski definition) is 2. The summed E-state index contributed by atoms with van der Waals surface area (Å²) in [6.45, 7) is 0.814. The van der Waals surface area contributed by atoms with Gasteiger partial charge in [-0.1, -0.05) is 30.3 Å². The lowest BCUT2D eigenvalue weighted by atomic mass is 10.1. The van der Waals surface area contributed by atoms with E-state index >= 15 is 0 Å². The molecule has 11 heteroatoms. The van der Waals surface area contributed by atoms with E-state index in [0.29, 0.717) is 0 Å². The van der Waals surface area contributed by atoms with E-state index < -0.39 is 20.9 Å². The van der Waals surface area contributed by atoms with Crippen molar-refractivity contribution in [3.8, 4) is 0 Å². The first-order valence-corrected chi connectivity index (χ1v) is 11.2. The number of carbonyl (C=O) groups is 1. The monoisotopic (exact) mass is 456 g/mol. The fourth-order valence-corrected chi connectivity index (χ4v) is 5.25. The number of carbonyl (C=O) groups excluding carboxylic acids is 1. The van der Waals surface area contributed by atoms with Gasteiger partial charge >= 0.3 is 0 Å². The second-order valence-corrected chi connectivity index (χ2v) is 9.24. The van der Waals surface area contributed by atoms with E-state index in [1.807, 2.05) is 24.3 Å². The number of nitrogens with one attached hydrogen (secondary N) is 1. The molecule has 3 aromatic rings. The van der Waals surface area contributed by atoms with Crippen LogP contribution in [0.25, 0.3) is 10.8 Å². The van der Waals surface area contributed by atoms with Crippen LogP contribution in [0.5, 0.6) is 0 Å². The lowest BCUT2D eigenvalue weighted by Gasteiger charge is -2.35. The number of nitrogens with zero attached hydrogens (tertiary/aromatic N) is 3. The van der Waals surface area contributed by atoms with Gasteiger partial charge in [0.15, 0.2) is 0 Å². The number of amides is 1. The molecule has 3 aromatic carbocycles. The molecule has 0 spiro atoms.